The molecule has 0 saturated heterocycles. The number of aryl methyl sites for hydroxylation is 1. The number of benzene rings is 3. The van der Waals surface area contributed by atoms with E-state index < -0.39 is 0 Å². The number of phenolic OH excluding ortho intramolecular Hbond substituents is 2. The Labute approximate surface area is 166 Å². The number of rotatable bonds is 6. The highest BCUT2D eigenvalue weighted by Crippen LogP contribution is 2.33. The van der Waals surface area contributed by atoms with E-state index in [1.165, 1.54) is 5.56 Å². The minimum Gasteiger partial charge on any atom is -0.508 e. The highest BCUT2D eigenvalue weighted by molar-refractivity contribution is 9.10. The SMILES string of the molecule is Oc1ccc2c3ccc(O)cc3n(CCCNCc3ccc(Br)cc3)c2c1. The van der Waals surface area contributed by atoms with Gasteiger partial charge < -0.3 is 20.1 Å². The molecule has 138 valence electrons. The predicted octanol–water partition coefficient (Wildman–Crippen LogP) is 5.15. The summed E-state index contributed by atoms with van der Waals surface area (Å²) in [5.41, 5.74) is 3.23. The Kier molecular flexibility index (Phi) is 5.05. The number of hydrogen-bond donors (Lipinski definition) is 3. The molecule has 0 radical (unpaired) electrons. The van der Waals surface area contributed by atoms with Crippen LogP contribution >= 0.6 is 15.9 Å². The van der Waals surface area contributed by atoms with E-state index in [2.05, 4.69) is 37.9 Å². The third-order valence-electron chi connectivity index (χ3n) is 4.81. The summed E-state index contributed by atoms with van der Waals surface area (Å²) in [6.07, 6.45) is 0.945. The van der Waals surface area contributed by atoms with Crippen molar-refractivity contribution < 1.29 is 10.2 Å². The van der Waals surface area contributed by atoms with E-state index in [4.69, 9.17) is 0 Å². The molecule has 0 atom stereocenters. The zero-order valence-corrected chi connectivity index (χ0v) is 16.4. The molecule has 4 nitrogen and oxygen atoms in total. The molecule has 0 fully saturated rings. The van der Waals surface area contributed by atoms with Crippen molar-refractivity contribution in [2.24, 2.45) is 0 Å². The zero-order chi connectivity index (χ0) is 18.8. The molecule has 3 aromatic carbocycles. The van der Waals surface area contributed by atoms with Gasteiger partial charge in [0.1, 0.15) is 11.5 Å². The maximum atomic E-state index is 9.91. The molecule has 0 unspecified atom stereocenters. The lowest BCUT2D eigenvalue weighted by Gasteiger charge is -2.09. The molecule has 27 heavy (non-hydrogen) atoms. The van der Waals surface area contributed by atoms with Gasteiger partial charge in [0, 0.05) is 40.5 Å². The quantitative estimate of drug-likeness (QED) is 0.375. The Bertz CT molecular complexity index is 1030. The maximum absolute atomic E-state index is 9.91. The van der Waals surface area contributed by atoms with Crippen LogP contribution in [0.4, 0.5) is 0 Å². The van der Waals surface area contributed by atoms with E-state index in [0.29, 0.717) is 0 Å². The first-order valence-electron chi connectivity index (χ1n) is 9.01. The number of hydrogen-bond acceptors (Lipinski definition) is 3. The van der Waals surface area contributed by atoms with Gasteiger partial charge in [-0.15, -0.1) is 0 Å². The summed E-state index contributed by atoms with van der Waals surface area (Å²) >= 11 is 3.45. The van der Waals surface area contributed by atoms with Crippen molar-refractivity contribution in [3.05, 3.63) is 70.7 Å². The monoisotopic (exact) mass is 424 g/mol. The lowest BCUT2D eigenvalue weighted by Crippen LogP contribution is -2.16. The summed E-state index contributed by atoms with van der Waals surface area (Å²) in [5.74, 6) is 0.508. The van der Waals surface area contributed by atoms with Gasteiger partial charge in [0.15, 0.2) is 0 Å². The summed E-state index contributed by atoms with van der Waals surface area (Å²) in [4.78, 5) is 0. The zero-order valence-electron chi connectivity index (χ0n) is 14.8. The largest absolute Gasteiger partial charge is 0.508 e. The Morgan fingerprint density at radius 1 is 0.815 bits per heavy atom. The van der Waals surface area contributed by atoms with Crippen LogP contribution in [-0.4, -0.2) is 21.3 Å². The van der Waals surface area contributed by atoms with E-state index in [1.54, 1.807) is 24.3 Å². The number of fused-ring (bicyclic) bond motifs is 3. The lowest BCUT2D eigenvalue weighted by atomic mass is 10.1. The highest BCUT2D eigenvalue weighted by atomic mass is 79.9. The smallest absolute Gasteiger partial charge is 0.117 e. The second-order valence-corrected chi connectivity index (χ2v) is 7.63. The fourth-order valence-corrected chi connectivity index (χ4v) is 3.77. The van der Waals surface area contributed by atoms with E-state index in [1.807, 2.05) is 24.3 Å². The van der Waals surface area contributed by atoms with Gasteiger partial charge >= 0.3 is 0 Å². The lowest BCUT2D eigenvalue weighted by molar-refractivity contribution is 0.475. The summed E-state index contributed by atoms with van der Waals surface area (Å²) in [6.45, 7) is 2.52. The highest BCUT2D eigenvalue weighted by Gasteiger charge is 2.11. The molecule has 1 aromatic heterocycles. The van der Waals surface area contributed by atoms with Crippen LogP contribution in [0.15, 0.2) is 65.1 Å². The predicted molar refractivity (Wildman–Crippen MR) is 113 cm³/mol. The standard InChI is InChI=1S/C22H21BrN2O2/c23-16-4-2-15(3-5-16)14-24-10-1-11-25-21-12-17(26)6-8-19(21)20-9-7-18(27)13-22(20)25/h2-9,12-13,24,26-27H,1,10-11,14H2. The fourth-order valence-electron chi connectivity index (χ4n) is 3.51. The first kappa shape index (κ1) is 17.9. The Morgan fingerprint density at radius 3 is 2.00 bits per heavy atom. The molecular formula is C22H21BrN2O2. The third kappa shape index (κ3) is 3.80. The van der Waals surface area contributed by atoms with E-state index in [-0.39, 0.29) is 11.5 Å². The maximum Gasteiger partial charge on any atom is 0.117 e. The Balaban J connectivity index is 1.49. The van der Waals surface area contributed by atoms with Crippen molar-refractivity contribution >= 4 is 37.7 Å². The van der Waals surface area contributed by atoms with Gasteiger partial charge in [-0.2, -0.15) is 0 Å². The number of halogens is 1. The van der Waals surface area contributed by atoms with Gasteiger partial charge in [0.05, 0.1) is 11.0 Å². The van der Waals surface area contributed by atoms with Crippen molar-refractivity contribution in [1.29, 1.82) is 0 Å². The number of nitrogens with one attached hydrogen (secondary N) is 1. The second kappa shape index (κ2) is 7.62. The average molecular weight is 425 g/mol. The summed E-state index contributed by atoms with van der Waals surface area (Å²) in [6, 6.07) is 19.2. The first-order valence-corrected chi connectivity index (χ1v) is 9.80. The van der Waals surface area contributed by atoms with Crippen LogP contribution in [0.1, 0.15) is 12.0 Å². The van der Waals surface area contributed by atoms with E-state index in [0.717, 1.165) is 52.3 Å². The second-order valence-electron chi connectivity index (χ2n) is 6.71. The molecule has 0 spiro atoms. The molecule has 3 N–H and O–H groups in total. The van der Waals surface area contributed by atoms with Crippen LogP contribution in [0.5, 0.6) is 11.5 Å². The van der Waals surface area contributed by atoms with Crippen LogP contribution in [-0.2, 0) is 13.1 Å². The number of aromatic hydroxyl groups is 2. The topological polar surface area (TPSA) is 57.4 Å². The average Bonchev–Trinajstić information content (AvgIpc) is 2.95. The van der Waals surface area contributed by atoms with Crippen molar-refractivity contribution in [2.45, 2.75) is 19.5 Å². The van der Waals surface area contributed by atoms with E-state index >= 15 is 0 Å². The molecule has 0 bridgehead atoms. The summed E-state index contributed by atoms with van der Waals surface area (Å²) in [5, 5.41) is 25.5. The van der Waals surface area contributed by atoms with E-state index in [9.17, 15) is 10.2 Å². The Morgan fingerprint density at radius 2 is 1.41 bits per heavy atom. The molecular weight excluding hydrogens is 404 g/mol. The van der Waals surface area contributed by atoms with Crippen molar-refractivity contribution in [2.75, 3.05) is 6.54 Å². The van der Waals surface area contributed by atoms with Crippen molar-refractivity contribution in [1.82, 2.24) is 9.88 Å². The number of aromatic nitrogens is 1. The summed E-state index contributed by atoms with van der Waals surface area (Å²) < 4.78 is 3.26. The van der Waals surface area contributed by atoms with Crippen molar-refractivity contribution in [3.63, 3.8) is 0 Å². The van der Waals surface area contributed by atoms with Crippen molar-refractivity contribution in [3.8, 4) is 11.5 Å². The number of nitrogens with zero attached hydrogens (tertiary/aromatic N) is 1. The van der Waals surface area contributed by atoms with Gasteiger partial charge in [-0.25, -0.2) is 0 Å². The molecule has 4 aromatic rings. The van der Waals surface area contributed by atoms with Crippen LogP contribution in [0.25, 0.3) is 21.8 Å². The molecule has 0 aliphatic rings. The van der Waals surface area contributed by atoms with Gasteiger partial charge in [-0.3, -0.25) is 0 Å². The normalized spacial score (nSPS) is 11.4. The Hall–Kier alpha value is -2.50. The molecule has 0 aliphatic carbocycles. The molecule has 1 heterocycles. The van der Waals surface area contributed by atoms with Gasteiger partial charge in [0.2, 0.25) is 0 Å². The van der Waals surface area contributed by atoms with Gasteiger partial charge in [0.25, 0.3) is 0 Å². The number of phenols is 2. The van der Waals surface area contributed by atoms with Crippen LogP contribution in [0, 0.1) is 0 Å². The molecule has 0 amide bonds. The minimum atomic E-state index is 0.254. The third-order valence-corrected chi connectivity index (χ3v) is 5.34. The van der Waals surface area contributed by atoms with Crippen LogP contribution < -0.4 is 5.32 Å². The van der Waals surface area contributed by atoms with Crippen LogP contribution in [0.2, 0.25) is 0 Å². The molecule has 0 aliphatic heterocycles. The molecule has 5 heteroatoms. The fraction of sp³-hybridized carbons (Fsp3) is 0.182. The summed E-state index contributed by atoms with van der Waals surface area (Å²) in [7, 11) is 0. The minimum absolute atomic E-state index is 0.254. The van der Waals surface area contributed by atoms with Gasteiger partial charge in [-0.05, 0) is 54.9 Å². The molecule has 4 rings (SSSR count). The van der Waals surface area contributed by atoms with Crippen LogP contribution in [0.3, 0.4) is 0 Å². The van der Waals surface area contributed by atoms with Gasteiger partial charge in [-0.1, -0.05) is 28.1 Å². The first-order chi connectivity index (χ1) is 13.1. The molecule has 0 saturated carbocycles.